The summed E-state index contributed by atoms with van der Waals surface area (Å²) in [6, 6.07) is 19.1. The first-order valence-electron chi connectivity index (χ1n) is 10.0. The summed E-state index contributed by atoms with van der Waals surface area (Å²) in [6.07, 6.45) is 1.19. The van der Waals surface area contributed by atoms with E-state index >= 15 is 0 Å². The van der Waals surface area contributed by atoms with Gasteiger partial charge >= 0.3 is 0 Å². The van der Waals surface area contributed by atoms with Gasteiger partial charge in [0.25, 0.3) is 11.5 Å². The summed E-state index contributed by atoms with van der Waals surface area (Å²) < 4.78 is 6.47. The molecule has 0 amide bonds. The van der Waals surface area contributed by atoms with Crippen LogP contribution in [0.2, 0.25) is 0 Å². The molecule has 4 aromatic rings. The molecular formula is C23H20N6O3S. The van der Waals surface area contributed by atoms with Crippen LogP contribution in [-0.4, -0.2) is 49.8 Å². The van der Waals surface area contributed by atoms with E-state index in [2.05, 4.69) is 25.2 Å². The fourth-order valence-electron chi connectivity index (χ4n) is 3.16. The first kappa shape index (κ1) is 22.2. The SMILES string of the molecule is COCCn1c(O)c(/C=N/c2nnc(-c3ccccc3)c(-c3ccccc3)n2)c(=O)[nH]c1=S. The summed E-state index contributed by atoms with van der Waals surface area (Å²) in [5.74, 6) is -0.278. The number of rotatable bonds is 7. The molecular weight excluding hydrogens is 440 g/mol. The molecule has 0 aliphatic rings. The highest BCUT2D eigenvalue weighted by Crippen LogP contribution is 2.29. The Labute approximate surface area is 194 Å². The fourth-order valence-corrected chi connectivity index (χ4v) is 3.43. The lowest BCUT2D eigenvalue weighted by Crippen LogP contribution is -2.20. The van der Waals surface area contributed by atoms with Crippen LogP contribution < -0.4 is 5.56 Å². The van der Waals surface area contributed by atoms with E-state index in [0.717, 1.165) is 11.1 Å². The third-order valence-electron chi connectivity index (χ3n) is 4.80. The number of H-pyrrole nitrogens is 1. The number of aromatic nitrogens is 5. The van der Waals surface area contributed by atoms with Gasteiger partial charge in [-0.1, -0.05) is 60.7 Å². The Morgan fingerprint density at radius 2 is 1.70 bits per heavy atom. The van der Waals surface area contributed by atoms with Gasteiger partial charge in [-0.15, -0.1) is 10.2 Å². The number of aliphatic imine (C=N–C) groups is 1. The Kier molecular flexibility index (Phi) is 6.77. The largest absolute Gasteiger partial charge is 0.494 e. The van der Waals surface area contributed by atoms with Crippen molar-refractivity contribution in [1.29, 1.82) is 0 Å². The third-order valence-corrected chi connectivity index (χ3v) is 5.13. The standard InChI is InChI=1S/C23H20N6O3S/c1-32-13-12-29-21(31)17(20(30)26-23(29)33)14-24-22-25-18(15-8-4-2-5-9-15)19(27-28-22)16-10-6-3-7-11-16/h2-11,14,31H,12-13H2,1H3,(H,26,30,33)/b24-14+. The molecule has 0 aliphatic carbocycles. The van der Waals surface area contributed by atoms with E-state index in [1.54, 1.807) is 0 Å². The number of benzene rings is 2. The van der Waals surface area contributed by atoms with Gasteiger partial charge in [-0.25, -0.2) is 9.98 Å². The van der Waals surface area contributed by atoms with E-state index < -0.39 is 5.56 Å². The van der Waals surface area contributed by atoms with Gasteiger partial charge in [0.05, 0.1) is 13.2 Å². The van der Waals surface area contributed by atoms with Crippen LogP contribution in [0.25, 0.3) is 22.5 Å². The van der Waals surface area contributed by atoms with Crippen molar-refractivity contribution in [1.82, 2.24) is 24.7 Å². The Hall–Kier alpha value is -4.02. The average molecular weight is 461 g/mol. The number of nitrogens with one attached hydrogen (secondary N) is 1. The normalized spacial score (nSPS) is 11.2. The Morgan fingerprint density at radius 3 is 2.33 bits per heavy atom. The molecule has 0 bridgehead atoms. The first-order valence-corrected chi connectivity index (χ1v) is 10.4. The lowest BCUT2D eigenvalue weighted by molar-refractivity contribution is 0.182. The number of nitrogens with zero attached hydrogens (tertiary/aromatic N) is 5. The molecule has 2 aromatic heterocycles. The van der Waals surface area contributed by atoms with Crippen LogP contribution in [0.5, 0.6) is 5.88 Å². The van der Waals surface area contributed by atoms with Crippen molar-refractivity contribution in [3.05, 3.63) is 81.4 Å². The molecule has 4 rings (SSSR count). The minimum Gasteiger partial charge on any atom is -0.494 e. The van der Waals surface area contributed by atoms with Crippen LogP contribution >= 0.6 is 12.2 Å². The maximum absolute atomic E-state index is 12.4. The Morgan fingerprint density at radius 1 is 1.06 bits per heavy atom. The first-order chi connectivity index (χ1) is 16.1. The molecule has 0 fully saturated rings. The molecule has 9 nitrogen and oxygen atoms in total. The molecule has 0 aliphatic heterocycles. The molecule has 10 heteroatoms. The van der Waals surface area contributed by atoms with E-state index in [1.165, 1.54) is 17.9 Å². The van der Waals surface area contributed by atoms with Crippen molar-refractivity contribution in [3.63, 3.8) is 0 Å². The predicted molar refractivity (Wildman–Crippen MR) is 127 cm³/mol. The van der Waals surface area contributed by atoms with Crippen molar-refractivity contribution >= 4 is 24.4 Å². The average Bonchev–Trinajstić information content (AvgIpc) is 2.84. The Balaban J connectivity index is 1.77. The minimum atomic E-state index is -0.577. The van der Waals surface area contributed by atoms with Gasteiger partial charge in [0.15, 0.2) is 4.77 Å². The van der Waals surface area contributed by atoms with E-state index in [1.807, 2.05) is 60.7 Å². The highest BCUT2D eigenvalue weighted by atomic mass is 32.1. The van der Waals surface area contributed by atoms with Crippen molar-refractivity contribution in [2.75, 3.05) is 13.7 Å². The number of methoxy groups -OCH3 is 1. The lowest BCUT2D eigenvalue weighted by Gasteiger charge is -2.10. The molecule has 0 unspecified atom stereocenters. The van der Waals surface area contributed by atoms with Gasteiger partial charge in [0.1, 0.15) is 17.0 Å². The molecule has 33 heavy (non-hydrogen) atoms. The monoisotopic (exact) mass is 460 g/mol. The second-order valence-electron chi connectivity index (χ2n) is 6.94. The van der Waals surface area contributed by atoms with E-state index in [-0.39, 0.29) is 28.7 Å². The molecule has 0 atom stereocenters. The maximum Gasteiger partial charge on any atom is 0.269 e. The molecule has 0 saturated carbocycles. The highest BCUT2D eigenvalue weighted by Gasteiger charge is 2.14. The zero-order valence-corrected chi connectivity index (χ0v) is 18.5. The summed E-state index contributed by atoms with van der Waals surface area (Å²) in [5.41, 5.74) is 2.26. The van der Waals surface area contributed by atoms with Gasteiger partial charge in [0, 0.05) is 24.5 Å². The summed E-state index contributed by atoms with van der Waals surface area (Å²) in [7, 11) is 1.53. The zero-order valence-electron chi connectivity index (χ0n) is 17.7. The summed E-state index contributed by atoms with van der Waals surface area (Å²) in [6.45, 7) is 0.569. The number of hydrogen-bond acceptors (Lipinski definition) is 8. The van der Waals surface area contributed by atoms with E-state index in [0.29, 0.717) is 18.0 Å². The smallest absolute Gasteiger partial charge is 0.269 e. The second-order valence-corrected chi connectivity index (χ2v) is 7.33. The van der Waals surface area contributed by atoms with Crippen LogP contribution in [0.3, 0.4) is 0 Å². The van der Waals surface area contributed by atoms with Gasteiger partial charge in [-0.05, 0) is 12.2 Å². The molecule has 2 aromatic carbocycles. The fraction of sp³-hybridized carbons (Fsp3) is 0.130. The number of aromatic amines is 1. The molecule has 166 valence electrons. The van der Waals surface area contributed by atoms with Gasteiger partial charge < -0.3 is 9.84 Å². The highest BCUT2D eigenvalue weighted by molar-refractivity contribution is 7.71. The quantitative estimate of drug-likeness (QED) is 0.320. The van der Waals surface area contributed by atoms with E-state index in [9.17, 15) is 9.90 Å². The van der Waals surface area contributed by atoms with Gasteiger partial charge in [0.2, 0.25) is 5.88 Å². The predicted octanol–water partition coefficient (Wildman–Crippen LogP) is 3.53. The maximum atomic E-state index is 12.4. The summed E-state index contributed by atoms with van der Waals surface area (Å²) in [4.78, 5) is 23.7. The van der Waals surface area contributed by atoms with Crippen LogP contribution in [0.1, 0.15) is 5.56 Å². The van der Waals surface area contributed by atoms with Gasteiger partial charge in [-0.2, -0.15) is 0 Å². The number of ether oxygens (including phenoxy) is 1. The van der Waals surface area contributed by atoms with Crippen LogP contribution in [-0.2, 0) is 11.3 Å². The molecule has 0 radical (unpaired) electrons. The molecule has 2 N–H and O–H groups in total. The molecule has 0 saturated heterocycles. The van der Waals surface area contributed by atoms with Crippen LogP contribution in [0.4, 0.5) is 5.95 Å². The van der Waals surface area contributed by atoms with Crippen LogP contribution in [0.15, 0.2) is 70.5 Å². The summed E-state index contributed by atoms with van der Waals surface area (Å²) in [5, 5.41) is 19.0. The van der Waals surface area contributed by atoms with E-state index in [4.69, 9.17) is 17.0 Å². The van der Waals surface area contributed by atoms with Crippen molar-refractivity contribution in [2.45, 2.75) is 6.54 Å². The topological polar surface area (TPSA) is 118 Å². The lowest BCUT2D eigenvalue weighted by atomic mass is 10.0. The Bertz CT molecular complexity index is 1400. The molecule has 2 heterocycles. The zero-order chi connectivity index (χ0) is 23.2. The number of hydrogen-bond donors (Lipinski definition) is 2. The molecule has 0 spiro atoms. The van der Waals surface area contributed by atoms with Crippen molar-refractivity contribution < 1.29 is 9.84 Å². The van der Waals surface area contributed by atoms with Gasteiger partial charge in [-0.3, -0.25) is 14.3 Å². The number of aromatic hydroxyl groups is 1. The second kappa shape index (κ2) is 10.1. The third kappa shape index (κ3) is 4.92. The summed E-state index contributed by atoms with van der Waals surface area (Å²) >= 11 is 5.12. The van der Waals surface area contributed by atoms with Crippen molar-refractivity contribution in [3.8, 4) is 28.4 Å². The van der Waals surface area contributed by atoms with Crippen molar-refractivity contribution in [2.24, 2.45) is 4.99 Å². The minimum absolute atomic E-state index is 0.0400. The van der Waals surface area contributed by atoms with Crippen LogP contribution in [0, 0.1) is 4.77 Å².